The van der Waals surface area contributed by atoms with E-state index in [0.717, 1.165) is 21.6 Å². The van der Waals surface area contributed by atoms with Gasteiger partial charge in [-0.1, -0.05) is 78.0 Å². The number of benzene rings is 4. The summed E-state index contributed by atoms with van der Waals surface area (Å²) in [6.07, 6.45) is 1.66. The van der Waals surface area contributed by atoms with Gasteiger partial charge in [0.25, 0.3) is 11.8 Å². The molecule has 5 rings (SSSR count). The van der Waals surface area contributed by atoms with Gasteiger partial charge in [0.05, 0.1) is 0 Å². The summed E-state index contributed by atoms with van der Waals surface area (Å²) in [5.74, 6) is -0.160. The van der Waals surface area contributed by atoms with Crippen LogP contribution < -0.4 is 16.0 Å². The minimum Gasteiger partial charge on any atom is -0.360 e. The summed E-state index contributed by atoms with van der Waals surface area (Å²) in [5.41, 5.74) is 3.67. The average Bonchev–Trinajstić information content (AvgIpc) is 3.46. The molecule has 44 heavy (non-hydrogen) atoms. The summed E-state index contributed by atoms with van der Waals surface area (Å²) in [5, 5.41) is 11.8. The maximum Gasteiger partial charge on any atom is 0.272 e. The lowest BCUT2D eigenvalue weighted by molar-refractivity contribution is -0.116. The van der Waals surface area contributed by atoms with Gasteiger partial charge >= 0.3 is 0 Å². The number of aryl methyl sites for hydroxylation is 2. The highest BCUT2D eigenvalue weighted by Crippen LogP contribution is 2.36. The van der Waals surface area contributed by atoms with Crippen LogP contribution in [-0.4, -0.2) is 22.9 Å². The van der Waals surface area contributed by atoms with Crippen molar-refractivity contribution in [1.82, 2.24) is 10.5 Å². The fourth-order valence-electron chi connectivity index (χ4n) is 4.32. The van der Waals surface area contributed by atoms with Crippen molar-refractivity contribution in [2.75, 3.05) is 10.6 Å². The van der Waals surface area contributed by atoms with Gasteiger partial charge in [-0.3, -0.25) is 14.4 Å². The average molecular weight is 603 g/mol. The van der Waals surface area contributed by atoms with E-state index in [1.54, 1.807) is 55.5 Å². The topological polar surface area (TPSA) is 113 Å². The van der Waals surface area contributed by atoms with Crippen LogP contribution in [0.2, 0.25) is 0 Å². The molecule has 0 saturated carbocycles. The normalized spacial score (nSPS) is 11.8. The molecule has 220 valence electrons. The van der Waals surface area contributed by atoms with Crippen molar-refractivity contribution in [3.63, 3.8) is 0 Å². The first-order valence-corrected chi connectivity index (χ1v) is 14.7. The van der Waals surface area contributed by atoms with Crippen LogP contribution >= 0.6 is 11.8 Å². The van der Waals surface area contributed by atoms with Crippen molar-refractivity contribution in [2.24, 2.45) is 0 Å². The minimum absolute atomic E-state index is 0.107. The molecule has 0 aliphatic carbocycles. The quantitative estimate of drug-likeness (QED) is 0.115. The molecule has 0 radical (unpaired) electrons. The maximum absolute atomic E-state index is 13.4. The Labute approximate surface area is 259 Å². The summed E-state index contributed by atoms with van der Waals surface area (Å²) < 4.78 is 5.08. The van der Waals surface area contributed by atoms with Gasteiger partial charge in [0, 0.05) is 22.2 Å². The molecule has 0 bridgehead atoms. The van der Waals surface area contributed by atoms with E-state index < -0.39 is 17.1 Å². The Balaban J connectivity index is 1.33. The number of carbonyl (C=O) groups excluding carboxylic acids is 3. The van der Waals surface area contributed by atoms with Crippen molar-refractivity contribution < 1.29 is 18.9 Å². The molecule has 0 saturated heterocycles. The molecule has 3 amide bonds. The largest absolute Gasteiger partial charge is 0.360 e. The van der Waals surface area contributed by atoms with Crippen molar-refractivity contribution >= 4 is 47.1 Å². The Morgan fingerprint density at radius 3 is 2.11 bits per heavy atom. The van der Waals surface area contributed by atoms with E-state index in [1.165, 1.54) is 11.8 Å². The molecule has 1 unspecified atom stereocenters. The third-order valence-electron chi connectivity index (χ3n) is 6.60. The highest BCUT2D eigenvalue weighted by Gasteiger charge is 2.23. The third kappa shape index (κ3) is 7.90. The number of anilines is 2. The van der Waals surface area contributed by atoms with Gasteiger partial charge in [-0.15, -0.1) is 11.8 Å². The molecule has 8 nitrogen and oxygen atoms in total. The number of nitrogens with zero attached hydrogens (tertiary/aromatic N) is 1. The molecule has 0 fully saturated rings. The van der Waals surface area contributed by atoms with Crippen LogP contribution in [0, 0.1) is 13.8 Å². The van der Waals surface area contributed by atoms with Crippen molar-refractivity contribution in [1.29, 1.82) is 0 Å². The molecule has 0 aliphatic heterocycles. The standard InChI is InChI=1S/C35H30N4O4S/c1-23-11-9-10-16-27(23)22-30(37-33(40)26-14-7-4-8-15-26)34(41)36-28-17-19-29(20-18-28)44-32(25-12-5-3-6-13-25)35(42)38-31-21-24(2)43-39-31/h3-22,32H,1-2H3,(H,36,41)(H,37,40)(H,38,39,42)/b30-22-. The highest BCUT2D eigenvalue weighted by molar-refractivity contribution is 8.00. The smallest absolute Gasteiger partial charge is 0.272 e. The molecule has 3 N–H and O–H groups in total. The predicted octanol–water partition coefficient (Wildman–Crippen LogP) is 7.17. The molecule has 4 aromatic carbocycles. The zero-order valence-corrected chi connectivity index (χ0v) is 24.9. The summed E-state index contributed by atoms with van der Waals surface area (Å²) in [6, 6.07) is 34.6. The summed E-state index contributed by atoms with van der Waals surface area (Å²) >= 11 is 1.37. The molecule has 0 aliphatic rings. The van der Waals surface area contributed by atoms with Crippen LogP contribution in [0.4, 0.5) is 11.5 Å². The lowest BCUT2D eigenvalue weighted by Gasteiger charge is -2.16. The third-order valence-corrected chi connectivity index (χ3v) is 7.87. The number of amides is 3. The van der Waals surface area contributed by atoms with Crippen LogP contribution in [0.1, 0.15) is 38.1 Å². The van der Waals surface area contributed by atoms with E-state index in [0.29, 0.717) is 22.8 Å². The summed E-state index contributed by atoms with van der Waals surface area (Å²) in [4.78, 5) is 40.5. The SMILES string of the molecule is Cc1cc(NC(=O)C(Sc2ccc(NC(=O)/C(=C/c3ccccc3C)NC(=O)c3ccccc3)cc2)c2ccccc2)no1. The van der Waals surface area contributed by atoms with Gasteiger partial charge in [0.1, 0.15) is 16.7 Å². The Morgan fingerprint density at radius 2 is 1.45 bits per heavy atom. The van der Waals surface area contributed by atoms with Gasteiger partial charge in [-0.2, -0.15) is 0 Å². The maximum atomic E-state index is 13.4. The molecule has 0 spiro atoms. The Hall–Kier alpha value is -5.41. The Bertz CT molecular complexity index is 1780. The molecule has 1 atom stereocenters. The molecule has 1 heterocycles. The van der Waals surface area contributed by atoms with E-state index in [4.69, 9.17) is 4.52 Å². The fraction of sp³-hybridized carbons (Fsp3) is 0.0857. The van der Waals surface area contributed by atoms with Crippen molar-refractivity contribution in [3.05, 3.63) is 149 Å². The summed E-state index contributed by atoms with van der Waals surface area (Å²) in [7, 11) is 0. The van der Waals surface area contributed by atoms with Crippen molar-refractivity contribution in [2.45, 2.75) is 24.0 Å². The molecule has 9 heteroatoms. The van der Waals surface area contributed by atoms with Crippen LogP contribution in [0.3, 0.4) is 0 Å². The van der Waals surface area contributed by atoms with Gasteiger partial charge < -0.3 is 20.5 Å². The second-order valence-corrected chi connectivity index (χ2v) is 11.1. The monoisotopic (exact) mass is 602 g/mol. The zero-order chi connectivity index (χ0) is 30.9. The molecule has 5 aromatic rings. The van der Waals surface area contributed by atoms with E-state index in [2.05, 4.69) is 21.1 Å². The number of nitrogens with one attached hydrogen (secondary N) is 3. The second-order valence-electron chi connectivity index (χ2n) is 9.93. The van der Waals surface area contributed by atoms with Gasteiger partial charge in [0.15, 0.2) is 5.82 Å². The Kier molecular flexibility index (Phi) is 9.68. The zero-order valence-electron chi connectivity index (χ0n) is 24.1. The van der Waals surface area contributed by atoms with Gasteiger partial charge in [-0.25, -0.2) is 0 Å². The van der Waals surface area contributed by atoms with E-state index in [9.17, 15) is 14.4 Å². The highest BCUT2D eigenvalue weighted by atomic mass is 32.2. The van der Waals surface area contributed by atoms with Crippen molar-refractivity contribution in [3.8, 4) is 0 Å². The van der Waals surface area contributed by atoms with E-state index in [-0.39, 0.29) is 11.6 Å². The van der Waals surface area contributed by atoms with Crippen LogP contribution in [-0.2, 0) is 9.59 Å². The minimum atomic E-state index is -0.564. The number of thioether (sulfide) groups is 1. The lowest BCUT2D eigenvalue weighted by Crippen LogP contribution is -2.30. The molecular formula is C35H30N4O4S. The first-order chi connectivity index (χ1) is 21.4. The second kappa shape index (κ2) is 14.2. The number of rotatable bonds is 10. The van der Waals surface area contributed by atoms with Crippen LogP contribution in [0.15, 0.2) is 130 Å². The van der Waals surface area contributed by atoms with Gasteiger partial charge in [0.2, 0.25) is 5.91 Å². The van der Waals surface area contributed by atoms with Crippen LogP contribution in [0.5, 0.6) is 0 Å². The van der Waals surface area contributed by atoms with Crippen LogP contribution in [0.25, 0.3) is 6.08 Å². The van der Waals surface area contributed by atoms with E-state index in [1.807, 2.05) is 79.7 Å². The lowest BCUT2D eigenvalue weighted by atomic mass is 10.1. The summed E-state index contributed by atoms with van der Waals surface area (Å²) in [6.45, 7) is 3.69. The fourth-order valence-corrected chi connectivity index (χ4v) is 5.34. The molecule has 1 aromatic heterocycles. The first kappa shape index (κ1) is 30.1. The Morgan fingerprint density at radius 1 is 0.795 bits per heavy atom. The number of carbonyl (C=O) groups is 3. The number of hydrogen-bond acceptors (Lipinski definition) is 6. The van der Waals surface area contributed by atoms with Gasteiger partial charge in [-0.05, 0) is 73.0 Å². The molecular weight excluding hydrogens is 572 g/mol. The van der Waals surface area contributed by atoms with E-state index >= 15 is 0 Å². The number of hydrogen-bond donors (Lipinski definition) is 3. The number of aromatic nitrogens is 1. The first-order valence-electron chi connectivity index (χ1n) is 13.9. The predicted molar refractivity (Wildman–Crippen MR) is 173 cm³/mol.